The fourth-order valence-corrected chi connectivity index (χ4v) is 3.84. The maximum Gasteiger partial charge on any atom is 0.311 e. The second-order valence-corrected chi connectivity index (χ2v) is 7.50. The molecule has 2 aliphatic rings. The van der Waals surface area contributed by atoms with Gasteiger partial charge in [-0.1, -0.05) is 13.8 Å². The minimum Gasteiger partial charge on any atom is -0.481 e. The van der Waals surface area contributed by atoms with Crippen LogP contribution in [0.2, 0.25) is 0 Å². The van der Waals surface area contributed by atoms with Crippen LogP contribution in [0.3, 0.4) is 0 Å². The Kier molecular flexibility index (Phi) is 4.97. The quantitative estimate of drug-likeness (QED) is 0.886. The van der Waals surface area contributed by atoms with Crippen LogP contribution in [0.25, 0.3) is 0 Å². The molecule has 2 fully saturated rings. The van der Waals surface area contributed by atoms with Gasteiger partial charge in [-0.05, 0) is 44.1 Å². The average molecular weight is 346 g/mol. The van der Waals surface area contributed by atoms with E-state index in [-0.39, 0.29) is 24.5 Å². The number of aromatic nitrogens is 1. The predicted molar refractivity (Wildman–Crippen MR) is 92.5 cm³/mol. The van der Waals surface area contributed by atoms with E-state index in [0.29, 0.717) is 24.4 Å². The van der Waals surface area contributed by atoms with Crippen molar-refractivity contribution in [2.45, 2.75) is 52.1 Å². The van der Waals surface area contributed by atoms with Gasteiger partial charge in [0.1, 0.15) is 6.10 Å². The number of likely N-dealkylation sites (tertiary alicyclic amines) is 1. The van der Waals surface area contributed by atoms with Gasteiger partial charge in [-0.15, -0.1) is 0 Å². The molecule has 3 rings (SSSR count). The normalized spacial score (nSPS) is 24.0. The van der Waals surface area contributed by atoms with E-state index in [1.54, 1.807) is 17.0 Å². The molecule has 2 heterocycles. The average Bonchev–Trinajstić information content (AvgIpc) is 3.25. The Labute approximate surface area is 148 Å². The Morgan fingerprint density at radius 2 is 2.04 bits per heavy atom. The summed E-state index contributed by atoms with van der Waals surface area (Å²) in [5.41, 5.74) is -0.377. The highest BCUT2D eigenvalue weighted by Gasteiger charge is 2.48. The molecule has 1 aliphatic heterocycles. The number of carbonyl (C=O) groups is 2. The summed E-state index contributed by atoms with van der Waals surface area (Å²) in [4.78, 5) is 30.3. The van der Waals surface area contributed by atoms with Crippen LogP contribution in [0.5, 0.6) is 5.88 Å². The van der Waals surface area contributed by atoms with Gasteiger partial charge in [-0.2, -0.15) is 0 Å². The largest absolute Gasteiger partial charge is 0.481 e. The highest BCUT2D eigenvalue weighted by molar-refractivity contribution is 5.94. The van der Waals surface area contributed by atoms with Crippen molar-refractivity contribution in [2.24, 2.45) is 11.3 Å². The van der Waals surface area contributed by atoms with Crippen LogP contribution in [-0.2, 0) is 4.79 Å². The van der Waals surface area contributed by atoms with E-state index in [1.807, 2.05) is 13.8 Å². The lowest BCUT2D eigenvalue weighted by atomic mass is 9.76. The molecule has 136 valence electrons. The van der Waals surface area contributed by atoms with Gasteiger partial charge in [0.2, 0.25) is 5.88 Å². The first-order valence-corrected chi connectivity index (χ1v) is 9.08. The zero-order valence-corrected chi connectivity index (χ0v) is 14.9. The van der Waals surface area contributed by atoms with Crippen molar-refractivity contribution in [3.63, 3.8) is 0 Å². The third kappa shape index (κ3) is 3.48. The Morgan fingerprint density at radius 1 is 1.32 bits per heavy atom. The highest BCUT2D eigenvalue weighted by atomic mass is 16.5. The summed E-state index contributed by atoms with van der Waals surface area (Å²) in [5.74, 6) is -0.463. The molecule has 0 radical (unpaired) electrons. The van der Waals surface area contributed by atoms with E-state index in [9.17, 15) is 14.7 Å². The molecule has 6 nitrogen and oxygen atoms in total. The molecule has 1 N–H and O–H groups in total. The number of rotatable bonds is 5. The summed E-state index contributed by atoms with van der Waals surface area (Å²) >= 11 is 0. The third-order valence-electron chi connectivity index (χ3n) is 5.69. The number of carbonyl (C=O) groups excluding carboxylic acids is 1. The lowest BCUT2D eigenvalue weighted by Gasteiger charge is -2.28. The number of ether oxygens (including phenoxy) is 1. The maximum atomic E-state index is 12.7. The summed E-state index contributed by atoms with van der Waals surface area (Å²) < 4.78 is 5.82. The third-order valence-corrected chi connectivity index (χ3v) is 5.69. The van der Waals surface area contributed by atoms with E-state index >= 15 is 0 Å². The smallest absolute Gasteiger partial charge is 0.311 e. The van der Waals surface area contributed by atoms with Crippen molar-refractivity contribution in [2.75, 3.05) is 13.1 Å². The number of amides is 1. The second kappa shape index (κ2) is 7.02. The first-order valence-electron chi connectivity index (χ1n) is 9.08. The number of carboxylic acids is 1. The lowest BCUT2D eigenvalue weighted by Crippen LogP contribution is -2.40. The Hall–Kier alpha value is -2.11. The maximum absolute atomic E-state index is 12.7. The zero-order chi connectivity index (χ0) is 18.0. The van der Waals surface area contributed by atoms with Crippen LogP contribution >= 0.6 is 0 Å². The molecule has 1 atom stereocenters. The molecule has 0 bridgehead atoms. The van der Waals surface area contributed by atoms with Crippen molar-refractivity contribution in [3.05, 3.63) is 23.9 Å². The standard InChI is InChI=1S/C19H26N2O4/c1-13(2)19(18(23)24)9-10-21(12-19)17(22)14-7-8-16(20-11-14)25-15-5-3-4-6-15/h7-8,11,13,15H,3-6,9-10,12H2,1-2H3,(H,23,24). The van der Waals surface area contributed by atoms with Crippen molar-refractivity contribution in [1.29, 1.82) is 0 Å². The van der Waals surface area contributed by atoms with E-state index < -0.39 is 11.4 Å². The monoisotopic (exact) mass is 346 g/mol. The number of nitrogens with zero attached hydrogens (tertiary/aromatic N) is 2. The van der Waals surface area contributed by atoms with Crippen molar-refractivity contribution < 1.29 is 19.4 Å². The number of hydrogen-bond acceptors (Lipinski definition) is 4. The first kappa shape index (κ1) is 17.7. The van der Waals surface area contributed by atoms with Gasteiger partial charge < -0.3 is 14.7 Å². The van der Waals surface area contributed by atoms with Gasteiger partial charge in [0.05, 0.1) is 11.0 Å². The molecule has 1 saturated carbocycles. The van der Waals surface area contributed by atoms with Gasteiger partial charge in [-0.25, -0.2) is 4.98 Å². The first-order chi connectivity index (χ1) is 11.9. The van der Waals surface area contributed by atoms with E-state index in [2.05, 4.69) is 4.98 Å². The van der Waals surface area contributed by atoms with Gasteiger partial charge in [-0.3, -0.25) is 9.59 Å². The van der Waals surface area contributed by atoms with Crippen LogP contribution in [0.4, 0.5) is 0 Å². The molecule has 1 aromatic rings. The summed E-state index contributed by atoms with van der Waals surface area (Å²) in [5, 5.41) is 9.61. The van der Waals surface area contributed by atoms with E-state index in [4.69, 9.17) is 4.74 Å². The molecule has 25 heavy (non-hydrogen) atoms. The molecule has 0 spiro atoms. The molecule has 1 aliphatic carbocycles. The summed E-state index contributed by atoms with van der Waals surface area (Å²) in [6.45, 7) is 4.51. The van der Waals surface area contributed by atoms with Gasteiger partial charge in [0.15, 0.2) is 0 Å². The van der Waals surface area contributed by atoms with Gasteiger partial charge in [0.25, 0.3) is 5.91 Å². The number of hydrogen-bond donors (Lipinski definition) is 1. The van der Waals surface area contributed by atoms with Crippen LogP contribution < -0.4 is 4.74 Å². The summed E-state index contributed by atoms with van der Waals surface area (Å²) in [6, 6.07) is 3.45. The van der Waals surface area contributed by atoms with Crippen LogP contribution in [0.1, 0.15) is 56.3 Å². The molecule has 1 aromatic heterocycles. The summed E-state index contributed by atoms with van der Waals surface area (Å²) in [6.07, 6.45) is 6.75. The van der Waals surface area contributed by atoms with Gasteiger partial charge >= 0.3 is 5.97 Å². The van der Waals surface area contributed by atoms with E-state index in [1.165, 1.54) is 19.0 Å². The molecule has 1 saturated heterocycles. The molecule has 1 amide bonds. The zero-order valence-electron chi connectivity index (χ0n) is 14.9. The number of pyridine rings is 1. The molecular weight excluding hydrogens is 320 g/mol. The van der Waals surface area contributed by atoms with Crippen LogP contribution in [0, 0.1) is 11.3 Å². The Balaban J connectivity index is 1.66. The fraction of sp³-hybridized carbons (Fsp3) is 0.632. The molecule has 0 aromatic carbocycles. The molecule has 1 unspecified atom stereocenters. The van der Waals surface area contributed by atoms with Crippen molar-refractivity contribution >= 4 is 11.9 Å². The topological polar surface area (TPSA) is 79.7 Å². The van der Waals surface area contributed by atoms with Crippen molar-refractivity contribution in [1.82, 2.24) is 9.88 Å². The predicted octanol–water partition coefficient (Wildman–Crippen LogP) is 2.98. The SMILES string of the molecule is CC(C)C1(C(=O)O)CCN(C(=O)c2ccc(OC3CCCC3)nc2)C1. The summed E-state index contributed by atoms with van der Waals surface area (Å²) in [7, 11) is 0. The minimum absolute atomic E-state index is 0.0249. The Morgan fingerprint density at radius 3 is 2.56 bits per heavy atom. The van der Waals surface area contributed by atoms with Crippen LogP contribution in [-0.4, -0.2) is 46.1 Å². The molecule has 6 heteroatoms. The van der Waals surface area contributed by atoms with Crippen LogP contribution in [0.15, 0.2) is 18.3 Å². The molecular formula is C19H26N2O4. The van der Waals surface area contributed by atoms with Gasteiger partial charge in [0, 0.05) is 25.4 Å². The minimum atomic E-state index is -0.853. The number of aliphatic carboxylic acids is 1. The fourth-order valence-electron chi connectivity index (χ4n) is 3.84. The number of carboxylic acid groups (broad SMARTS) is 1. The second-order valence-electron chi connectivity index (χ2n) is 7.50. The highest BCUT2D eigenvalue weighted by Crippen LogP contribution is 2.38. The lowest BCUT2D eigenvalue weighted by molar-refractivity contribution is -0.150. The Bertz CT molecular complexity index is 637. The van der Waals surface area contributed by atoms with E-state index in [0.717, 1.165) is 12.8 Å². The van der Waals surface area contributed by atoms with Crippen molar-refractivity contribution in [3.8, 4) is 5.88 Å².